The first-order valence-corrected chi connectivity index (χ1v) is 9.10. The van der Waals surface area contributed by atoms with Gasteiger partial charge in [-0.2, -0.15) is 4.52 Å². The molecule has 1 amide bonds. The van der Waals surface area contributed by atoms with Crippen molar-refractivity contribution in [3.8, 4) is 0 Å². The van der Waals surface area contributed by atoms with Crippen LogP contribution in [0.25, 0.3) is 5.65 Å². The quantitative estimate of drug-likeness (QED) is 0.811. The molecular formula is C17H25N7O. The Morgan fingerprint density at radius 3 is 2.48 bits per heavy atom. The van der Waals surface area contributed by atoms with Crippen LogP contribution >= 0.6 is 0 Å². The fourth-order valence-corrected chi connectivity index (χ4v) is 3.75. The molecule has 2 aliphatic heterocycles. The molecule has 4 rings (SSSR count). The van der Waals surface area contributed by atoms with Gasteiger partial charge < -0.3 is 9.80 Å². The van der Waals surface area contributed by atoms with Crippen LogP contribution in [0.2, 0.25) is 0 Å². The van der Waals surface area contributed by atoms with E-state index in [9.17, 15) is 4.79 Å². The van der Waals surface area contributed by atoms with Crippen molar-refractivity contribution in [1.29, 1.82) is 0 Å². The Morgan fingerprint density at radius 1 is 1.04 bits per heavy atom. The van der Waals surface area contributed by atoms with Crippen LogP contribution in [0.4, 0.5) is 5.82 Å². The van der Waals surface area contributed by atoms with Gasteiger partial charge in [0.2, 0.25) is 5.91 Å². The number of aryl methyl sites for hydroxylation is 1. The van der Waals surface area contributed by atoms with Crippen LogP contribution in [0.15, 0.2) is 12.1 Å². The summed E-state index contributed by atoms with van der Waals surface area (Å²) in [4.78, 5) is 19.2. The maximum atomic E-state index is 12.6. The number of carbonyl (C=O) groups excluding carboxylic acids is 1. The summed E-state index contributed by atoms with van der Waals surface area (Å²) in [6.45, 7) is 9.29. The summed E-state index contributed by atoms with van der Waals surface area (Å²) in [6, 6.07) is 3.92. The predicted octanol–water partition coefficient (Wildman–Crippen LogP) is 0.566. The van der Waals surface area contributed by atoms with E-state index in [-0.39, 0.29) is 11.9 Å². The fraction of sp³-hybridized carbons (Fsp3) is 0.647. The van der Waals surface area contributed by atoms with Gasteiger partial charge in [-0.3, -0.25) is 9.69 Å². The molecule has 2 aliphatic rings. The Kier molecular flexibility index (Phi) is 4.29. The lowest BCUT2D eigenvalue weighted by Gasteiger charge is -2.38. The van der Waals surface area contributed by atoms with Crippen molar-refractivity contribution in [2.45, 2.75) is 32.7 Å². The van der Waals surface area contributed by atoms with E-state index in [1.54, 1.807) is 4.52 Å². The van der Waals surface area contributed by atoms with Gasteiger partial charge in [0.25, 0.3) is 0 Å². The highest BCUT2D eigenvalue weighted by Gasteiger charge is 2.30. The van der Waals surface area contributed by atoms with Crippen LogP contribution in [-0.2, 0) is 4.79 Å². The Hall–Kier alpha value is -2.22. The van der Waals surface area contributed by atoms with E-state index in [4.69, 9.17) is 0 Å². The van der Waals surface area contributed by atoms with E-state index in [0.29, 0.717) is 0 Å². The highest BCUT2D eigenvalue weighted by molar-refractivity contribution is 5.81. The van der Waals surface area contributed by atoms with Crippen molar-refractivity contribution >= 4 is 17.4 Å². The van der Waals surface area contributed by atoms with Gasteiger partial charge in [0, 0.05) is 39.3 Å². The molecule has 0 aliphatic carbocycles. The van der Waals surface area contributed by atoms with Gasteiger partial charge in [0.1, 0.15) is 5.82 Å². The second-order valence-corrected chi connectivity index (χ2v) is 6.94. The van der Waals surface area contributed by atoms with Gasteiger partial charge in [-0.25, -0.2) is 0 Å². The first-order chi connectivity index (χ1) is 12.1. The Labute approximate surface area is 147 Å². The Bertz CT molecular complexity index is 759. The number of rotatable bonds is 3. The zero-order chi connectivity index (χ0) is 17.4. The summed E-state index contributed by atoms with van der Waals surface area (Å²) in [5.41, 5.74) is 0.768. The lowest BCUT2D eigenvalue weighted by atomic mass is 10.2. The number of carbonyl (C=O) groups is 1. The molecule has 0 unspecified atom stereocenters. The van der Waals surface area contributed by atoms with Crippen LogP contribution in [0.1, 0.15) is 25.6 Å². The molecule has 134 valence electrons. The lowest BCUT2D eigenvalue weighted by Crippen LogP contribution is -2.54. The number of nitrogens with zero attached hydrogens (tertiary/aromatic N) is 7. The maximum absolute atomic E-state index is 12.6. The summed E-state index contributed by atoms with van der Waals surface area (Å²) < 4.78 is 1.78. The van der Waals surface area contributed by atoms with Gasteiger partial charge >= 0.3 is 0 Å². The zero-order valence-corrected chi connectivity index (χ0v) is 14.9. The standard InChI is InChI=1S/C17H25N7O/c1-13(17(25)23-7-3-4-8-23)21-9-11-22(12-10-21)16-6-5-15-19-18-14(2)24(15)20-16/h5-6,13H,3-4,7-12H2,1-2H3/t13-/m0/s1. The first kappa shape index (κ1) is 16.3. The first-order valence-electron chi connectivity index (χ1n) is 9.10. The van der Waals surface area contributed by atoms with Crippen LogP contribution in [0, 0.1) is 6.92 Å². The molecule has 8 heteroatoms. The number of likely N-dealkylation sites (tertiary alicyclic amines) is 1. The van der Waals surface area contributed by atoms with E-state index in [1.165, 1.54) is 0 Å². The van der Waals surface area contributed by atoms with E-state index in [0.717, 1.165) is 69.4 Å². The van der Waals surface area contributed by atoms with E-state index >= 15 is 0 Å². The molecule has 8 nitrogen and oxygen atoms in total. The second-order valence-electron chi connectivity index (χ2n) is 6.94. The maximum Gasteiger partial charge on any atom is 0.239 e. The minimum atomic E-state index is -0.0317. The smallest absolute Gasteiger partial charge is 0.239 e. The fourth-order valence-electron chi connectivity index (χ4n) is 3.75. The third-order valence-electron chi connectivity index (χ3n) is 5.37. The molecule has 0 bridgehead atoms. The third kappa shape index (κ3) is 3.06. The number of anilines is 1. The van der Waals surface area contributed by atoms with Crippen LogP contribution in [0.3, 0.4) is 0 Å². The van der Waals surface area contributed by atoms with Crippen molar-refractivity contribution < 1.29 is 4.79 Å². The van der Waals surface area contributed by atoms with E-state index in [2.05, 4.69) is 25.1 Å². The van der Waals surface area contributed by atoms with Crippen molar-refractivity contribution in [3.05, 3.63) is 18.0 Å². The topological polar surface area (TPSA) is 69.9 Å². The van der Waals surface area contributed by atoms with Crippen LogP contribution in [-0.4, -0.2) is 80.8 Å². The number of aromatic nitrogens is 4. The summed E-state index contributed by atoms with van der Waals surface area (Å²) in [6.07, 6.45) is 2.28. The predicted molar refractivity (Wildman–Crippen MR) is 94.6 cm³/mol. The minimum Gasteiger partial charge on any atom is -0.353 e. The molecule has 2 aromatic rings. The Balaban J connectivity index is 1.40. The van der Waals surface area contributed by atoms with Gasteiger partial charge in [-0.1, -0.05) is 0 Å². The van der Waals surface area contributed by atoms with Crippen molar-refractivity contribution in [2.75, 3.05) is 44.2 Å². The number of fused-ring (bicyclic) bond motifs is 1. The van der Waals surface area contributed by atoms with Crippen molar-refractivity contribution in [2.24, 2.45) is 0 Å². The number of hydrogen-bond donors (Lipinski definition) is 0. The summed E-state index contributed by atoms with van der Waals surface area (Å²) in [5, 5.41) is 12.8. The van der Waals surface area contributed by atoms with Crippen molar-refractivity contribution in [3.63, 3.8) is 0 Å². The van der Waals surface area contributed by atoms with Gasteiger partial charge in [0.05, 0.1) is 6.04 Å². The SMILES string of the molecule is Cc1nnc2ccc(N3CCN([C@@H](C)C(=O)N4CCCC4)CC3)nn12. The zero-order valence-electron chi connectivity index (χ0n) is 14.9. The molecule has 0 radical (unpaired) electrons. The van der Waals surface area contributed by atoms with E-state index in [1.807, 2.05) is 30.9 Å². The molecule has 0 aromatic carbocycles. The highest BCUT2D eigenvalue weighted by atomic mass is 16.2. The summed E-state index contributed by atoms with van der Waals surface area (Å²) in [5.74, 6) is 2.01. The molecule has 25 heavy (non-hydrogen) atoms. The number of amides is 1. The number of piperazine rings is 1. The van der Waals surface area contributed by atoms with Crippen molar-refractivity contribution in [1.82, 2.24) is 29.6 Å². The second kappa shape index (κ2) is 6.59. The minimum absolute atomic E-state index is 0.0317. The molecule has 1 atom stereocenters. The van der Waals surface area contributed by atoms with Gasteiger partial charge in [-0.15, -0.1) is 15.3 Å². The monoisotopic (exact) mass is 343 g/mol. The molecule has 0 N–H and O–H groups in total. The Morgan fingerprint density at radius 2 is 1.76 bits per heavy atom. The molecule has 0 spiro atoms. The van der Waals surface area contributed by atoms with Gasteiger partial charge in [0.15, 0.2) is 11.5 Å². The molecule has 0 saturated carbocycles. The third-order valence-corrected chi connectivity index (χ3v) is 5.37. The van der Waals surface area contributed by atoms with Crippen LogP contribution < -0.4 is 4.90 Å². The molecule has 2 saturated heterocycles. The normalized spacial score (nSPS) is 20.4. The molecule has 4 heterocycles. The summed E-state index contributed by atoms with van der Waals surface area (Å²) in [7, 11) is 0. The summed E-state index contributed by atoms with van der Waals surface area (Å²) >= 11 is 0. The van der Waals surface area contributed by atoms with Gasteiger partial charge in [-0.05, 0) is 38.8 Å². The highest BCUT2D eigenvalue weighted by Crippen LogP contribution is 2.17. The molecule has 2 aromatic heterocycles. The van der Waals surface area contributed by atoms with E-state index < -0.39 is 0 Å². The average molecular weight is 343 g/mol. The molecular weight excluding hydrogens is 318 g/mol. The van der Waals surface area contributed by atoms with Crippen LogP contribution in [0.5, 0.6) is 0 Å². The largest absolute Gasteiger partial charge is 0.353 e. The lowest BCUT2D eigenvalue weighted by molar-refractivity contribution is -0.135. The average Bonchev–Trinajstić information content (AvgIpc) is 3.31. The number of hydrogen-bond acceptors (Lipinski definition) is 6. The molecule has 2 fully saturated rings.